The van der Waals surface area contributed by atoms with Gasteiger partial charge in [0.2, 0.25) is 6.79 Å². The molecule has 1 saturated heterocycles. The third-order valence-electron chi connectivity index (χ3n) is 5.54. The van der Waals surface area contributed by atoms with Crippen molar-refractivity contribution >= 4 is 29.7 Å². The molecule has 2 N–H and O–H groups in total. The molecule has 8 heteroatoms. The fourth-order valence-electron chi connectivity index (χ4n) is 4.17. The first-order valence-corrected chi connectivity index (χ1v) is 9.41. The van der Waals surface area contributed by atoms with Crippen LogP contribution in [-0.2, 0) is 0 Å². The number of halogens is 1. The van der Waals surface area contributed by atoms with Crippen LogP contribution in [0.25, 0.3) is 10.6 Å². The number of thiazole rings is 1. The van der Waals surface area contributed by atoms with Crippen LogP contribution in [0.15, 0.2) is 24.4 Å². The van der Waals surface area contributed by atoms with Gasteiger partial charge in [-0.2, -0.15) is 0 Å². The molecule has 3 unspecified atom stereocenters. The molecule has 1 aliphatic carbocycles. The van der Waals surface area contributed by atoms with Crippen molar-refractivity contribution in [2.24, 2.45) is 17.6 Å². The van der Waals surface area contributed by atoms with Gasteiger partial charge in [-0.25, -0.2) is 4.98 Å². The molecule has 1 saturated carbocycles. The zero-order chi connectivity index (χ0) is 17.0. The summed E-state index contributed by atoms with van der Waals surface area (Å²) in [7, 11) is 0. The lowest BCUT2D eigenvalue weighted by Crippen LogP contribution is -2.33. The van der Waals surface area contributed by atoms with Crippen LogP contribution in [0.3, 0.4) is 0 Å². The molecule has 2 aliphatic heterocycles. The fraction of sp³-hybridized carbons (Fsp3) is 0.444. The maximum absolute atomic E-state index is 12.8. The van der Waals surface area contributed by atoms with Gasteiger partial charge in [-0.15, -0.1) is 23.7 Å². The predicted octanol–water partition coefficient (Wildman–Crippen LogP) is 2.77. The summed E-state index contributed by atoms with van der Waals surface area (Å²) in [5, 5.41) is 0.817. The number of benzene rings is 1. The largest absolute Gasteiger partial charge is 0.454 e. The van der Waals surface area contributed by atoms with Crippen molar-refractivity contribution in [3.05, 3.63) is 29.3 Å². The number of likely N-dealkylation sites (tertiary alicyclic amines) is 1. The lowest BCUT2D eigenvalue weighted by Gasteiger charge is -2.17. The van der Waals surface area contributed by atoms with Gasteiger partial charge in [-0.05, 0) is 42.9 Å². The quantitative estimate of drug-likeness (QED) is 0.848. The van der Waals surface area contributed by atoms with Gasteiger partial charge >= 0.3 is 0 Å². The third kappa shape index (κ3) is 2.84. The van der Waals surface area contributed by atoms with Crippen molar-refractivity contribution in [2.45, 2.75) is 18.9 Å². The Labute approximate surface area is 161 Å². The summed E-state index contributed by atoms with van der Waals surface area (Å²) in [6, 6.07) is 5.98. The highest BCUT2D eigenvalue weighted by molar-refractivity contribution is 7.16. The number of rotatable bonds is 2. The second kappa shape index (κ2) is 6.72. The van der Waals surface area contributed by atoms with Gasteiger partial charge in [0.25, 0.3) is 5.91 Å². The molecule has 0 radical (unpaired) electrons. The number of amides is 1. The van der Waals surface area contributed by atoms with E-state index in [-0.39, 0.29) is 31.1 Å². The second-order valence-corrected chi connectivity index (χ2v) is 8.00. The summed E-state index contributed by atoms with van der Waals surface area (Å²) < 4.78 is 10.8. The summed E-state index contributed by atoms with van der Waals surface area (Å²) in [5.41, 5.74) is 7.11. The van der Waals surface area contributed by atoms with E-state index in [2.05, 4.69) is 4.98 Å². The normalized spacial score (nSPS) is 25.9. The second-order valence-electron chi connectivity index (χ2n) is 6.97. The van der Waals surface area contributed by atoms with Crippen LogP contribution < -0.4 is 15.2 Å². The number of fused-ring (bicyclic) bond motifs is 2. The van der Waals surface area contributed by atoms with Gasteiger partial charge in [-0.1, -0.05) is 0 Å². The highest BCUT2D eigenvalue weighted by Gasteiger charge is 2.42. The standard InChI is InChI=1S/C18H19N3O3S.ClH/c19-13-3-1-11-7-21(8-12(11)13)18(22)16-6-20-17(25-16)10-2-4-14-15(5-10)24-9-23-14;/h2,4-6,11-13H,1,3,7-9,19H2;1H. The highest BCUT2D eigenvalue weighted by Crippen LogP contribution is 2.39. The summed E-state index contributed by atoms with van der Waals surface area (Å²) in [4.78, 5) is 19.9. The molecule has 26 heavy (non-hydrogen) atoms. The van der Waals surface area contributed by atoms with Crippen LogP contribution in [0.1, 0.15) is 22.5 Å². The molecule has 0 spiro atoms. The molecule has 3 atom stereocenters. The average molecular weight is 394 g/mol. The molecule has 2 aromatic rings. The number of nitrogens with two attached hydrogens (primary N) is 1. The summed E-state index contributed by atoms with van der Waals surface area (Å²) >= 11 is 1.43. The summed E-state index contributed by atoms with van der Waals surface area (Å²) in [5.74, 6) is 2.58. The Morgan fingerprint density at radius 2 is 2.08 bits per heavy atom. The lowest BCUT2D eigenvalue weighted by molar-refractivity contribution is 0.0784. The predicted molar refractivity (Wildman–Crippen MR) is 101 cm³/mol. The number of carbonyl (C=O) groups excluding carboxylic acids is 1. The Kier molecular flexibility index (Phi) is 4.54. The molecule has 1 aromatic carbocycles. The molecule has 5 rings (SSSR count). The zero-order valence-corrected chi connectivity index (χ0v) is 15.7. The Bertz CT molecular complexity index is 843. The van der Waals surface area contributed by atoms with Gasteiger partial charge in [0, 0.05) is 24.7 Å². The van der Waals surface area contributed by atoms with E-state index >= 15 is 0 Å². The minimum absolute atomic E-state index is 0. The molecule has 0 bridgehead atoms. The number of hydrogen-bond acceptors (Lipinski definition) is 6. The van der Waals surface area contributed by atoms with E-state index in [1.54, 1.807) is 6.20 Å². The summed E-state index contributed by atoms with van der Waals surface area (Å²) in [6.45, 7) is 1.86. The molecular weight excluding hydrogens is 374 g/mol. The number of aromatic nitrogens is 1. The Morgan fingerprint density at radius 3 is 2.92 bits per heavy atom. The van der Waals surface area contributed by atoms with Crippen molar-refractivity contribution in [3.8, 4) is 22.1 Å². The molecule has 6 nitrogen and oxygen atoms in total. The Hall–Kier alpha value is -1.83. The zero-order valence-electron chi connectivity index (χ0n) is 14.1. The SMILES string of the molecule is Cl.NC1CCC2CN(C(=O)c3cnc(-c4ccc5c(c4)OCO5)s3)CC12. The van der Waals surface area contributed by atoms with Gasteiger partial charge in [0.15, 0.2) is 11.5 Å². The highest BCUT2D eigenvalue weighted by atomic mass is 35.5. The van der Waals surface area contributed by atoms with Crippen molar-refractivity contribution < 1.29 is 14.3 Å². The lowest BCUT2D eigenvalue weighted by atomic mass is 9.98. The molecule has 3 heterocycles. The molecule has 2 fully saturated rings. The van der Waals surface area contributed by atoms with E-state index in [0.717, 1.165) is 48.0 Å². The van der Waals surface area contributed by atoms with Crippen LogP contribution in [0.4, 0.5) is 0 Å². The van der Waals surface area contributed by atoms with E-state index in [9.17, 15) is 4.79 Å². The Balaban J connectivity index is 0.00000168. The molecule has 1 amide bonds. The van der Waals surface area contributed by atoms with E-state index < -0.39 is 0 Å². The first-order valence-electron chi connectivity index (χ1n) is 8.60. The molecule has 1 aromatic heterocycles. The van der Waals surface area contributed by atoms with Crippen molar-refractivity contribution in [1.82, 2.24) is 9.88 Å². The van der Waals surface area contributed by atoms with Crippen LogP contribution >= 0.6 is 23.7 Å². The smallest absolute Gasteiger partial charge is 0.265 e. The van der Waals surface area contributed by atoms with E-state index in [1.165, 1.54) is 11.3 Å². The maximum Gasteiger partial charge on any atom is 0.265 e. The van der Waals surface area contributed by atoms with Gasteiger partial charge in [0.1, 0.15) is 9.88 Å². The number of ether oxygens (including phenoxy) is 2. The first kappa shape index (κ1) is 17.6. The number of nitrogens with zero attached hydrogens (tertiary/aromatic N) is 2. The van der Waals surface area contributed by atoms with Crippen LogP contribution in [-0.4, -0.2) is 41.7 Å². The van der Waals surface area contributed by atoms with Gasteiger partial charge < -0.3 is 20.1 Å². The third-order valence-corrected chi connectivity index (χ3v) is 6.57. The number of hydrogen-bond donors (Lipinski definition) is 1. The Morgan fingerprint density at radius 1 is 1.23 bits per heavy atom. The number of carbonyl (C=O) groups is 1. The molecular formula is C18H20ClN3O3S. The summed E-state index contributed by atoms with van der Waals surface area (Å²) in [6.07, 6.45) is 3.91. The van der Waals surface area contributed by atoms with E-state index in [0.29, 0.717) is 16.7 Å². The molecule has 3 aliphatic rings. The van der Waals surface area contributed by atoms with Crippen LogP contribution in [0.5, 0.6) is 11.5 Å². The van der Waals surface area contributed by atoms with E-state index in [1.807, 2.05) is 23.1 Å². The maximum atomic E-state index is 12.8. The fourth-order valence-corrected chi connectivity index (χ4v) is 5.05. The minimum atomic E-state index is 0. The monoisotopic (exact) mass is 393 g/mol. The first-order chi connectivity index (χ1) is 12.2. The van der Waals surface area contributed by atoms with Gasteiger partial charge in [0.05, 0.1) is 6.20 Å². The minimum Gasteiger partial charge on any atom is -0.454 e. The average Bonchev–Trinajstić information content (AvgIpc) is 3.39. The van der Waals surface area contributed by atoms with Crippen molar-refractivity contribution in [1.29, 1.82) is 0 Å². The van der Waals surface area contributed by atoms with E-state index in [4.69, 9.17) is 15.2 Å². The van der Waals surface area contributed by atoms with Gasteiger partial charge in [-0.3, -0.25) is 4.79 Å². The van der Waals surface area contributed by atoms with Crippen molar-refractivity contribution in [3.63, 3.8) is 0 Å². The van der Waals surface area contributed by atoms with Crippen LogP contribution in [0, 0.1) is 11.8 Å². The van der Waals surface area contributed by atoms with Crippen molar-refractivity contribution in [2.75, 3.05) is 19.9 Å². The molecule has 138 valence electrons. The topological polar surface area (TPSA) is 77.7 Å². The van der Waals surface area contributed by atoms with Crippen LogP contribution in [0.2, 0.25) is 0 Å².